The van der Waals surface area contributed by atoms with Crippen LogP contribution in [0.5, 0.6) is 0 Å². The number of para-hydroxylation sites is 1. The fourth-order valence-corrected chi connectivity index (χ4v) is 5.26. The van der Waals surface area contributed by atoms with Gasteiger partial charge in [-0.25, -0.2) is 4.39 Å². The predicted octanol–water partition coefficient (Wildman–Crippen LogP) is 6.23. The molecule has 5 rings (SSSR count). The molecule has 0 saturated carbocycles. The zero-order valence-corrected chi connectivity index (χ0v) is 18.2. The minimum Gasteiger partial charge on any atom is -0.361 e. The number of allylic oxidation sites excluding steroid dienone is 1. The molecule has 162 valence electrons. The number of unbranched alkanes of at least 4 members (excludes halogenated alkanes) is 2. The number of anilines is 1. The first-order valence-electron chi connectivity index (χ1n) is 11.8. The molecule has 0 spiro atoms. The van der Waals surface area contributed by atoms with Crippen LogP contribution < -0.4 is 4.90 Å². The number of H-pyrrole nitrogens is 1. The third-order valence-corrected chi connectivity index (χ3v) is 7.00. The molecule has 0 atom stereocenters. The van der Waals surface area contributed by atoms with Gasteiger partial charge in [-0.05, 0) is 93.0 Å². The molecule has 3 nitrogen and oxygen atoms in total. The molecule has 2 aromatic carbocycles. The molecule has 2 aliphatic rings. The second-order valence-corrected chi connectivity index (χ2v) is 9.02. The summed E-state index contributed by atoms with van der Waals surface area (Å²) in [7, 11) is 0. The van der Waals surface area contributed by atoms with Gasteiger partial charge in [-0.1, -0.05) is 30.7 Å². The van der Waals surface area contributed by atoms with Crippen LogP contribution in [-0.4, -0.2) is 36.1 Å². The van der Waals surface area contributed by atoms with E-state index in [1.807, 2.05) is 6.07 Å². The van der Waals surface area contributed by atoms with Gasteiger partial charge in [0.25, 0.3) is 0 Å². The van der Waals surface area contributed by atoms with E-state index in [-0.39, 0.29) is 5.82 Å². The minimum atomic E-state index is -0.144. The number of hydrogen-bond donors (Lipinski definition) is 1. The molecule has 4 heteroatoms. The van der Waals surface area contributed by atoms with Crippen LogP contribution in [0.2, 0.25) is 0 Å². The first kappa shape index (κ1) is 20.3. The number of aromatic amines is 1. The SMILES string of the molecule is Fc1ccc2[nH]cc(C3CCN(CCCCCN4C=CCc5ccccc54)CC3)c2c1. The summed E-state index contributed by atoms with van der Waals surface area (Å²) in [5, 5.41) is 1.06. The quantitative estimate of drug-likeness (QED) is 0.460. The molecular formula is C27H32FN3. The number of halogens is 1. The normalized spacial score (nSPS) is 17.4. The molecule has 3 heterocycles. The highest BCUT2D eigenvalue weighted by atomic mass is 19.1. The van der Waals surface area contributed by atoms with Gasteiger partial charge in [0.15, 0.2) is 0 Å². The van der Waals surface area contributed by atoms with E-state index in [0.29, 0.717) is 5.92 Å². The Bertz CT molecular complexity index is 1050. The highest BCUT2D eigenvalue weighted by Gasteiger charge is 2.22. The Morgan fingerprint density at radius 1 is 0.968 bits per heavy atom. The smallest absolute Gasteiger partial charge is 0.123 e. The number of piperidine rings is 1. The molecule has 0 radical (unpaired) electrons. The summed E-state index contributed by atoms with van der Waals surface area (Å²) in [6.07, 6.45) is 13.8. The number of fused-ring (bicyclic) bond motifs is 2. The van der Waals surface area contributed by atoms with E-state index in [0.717, 1.165) is 37.0 Å². The summed E-state index contributed by atoms with van der Waals surface area (Å²) in [6, 6.07) is 13.8. The maximum absolute atomic E-state index is 13.7. The summed E-state index contributed by atoms with van der Waals surface area (Å²) in [6.45, 7) is 4.60. The van der Waals surface area contributed by atoms with E-state index < -0.39 is 0 Å². The van der Waals surface area contributed by atoms with Crippen molar-refractivity contribution < 1.29 is 4.39 Å². The maximum Gasteiger partial charge on any atom is 0.123 e. The molecule has 31 heavy (non-hydrogen) atoms. The van der Waals surface area contributed by atoms with Gasteiger partial charge in [0, 0.05) is 35.5 Å². The molecular weight excluding hydrogens is 385 g/mol. The predicted molar refractivity (Wildman–Crippen MR) is 127 cm³/mol. The van der Waals surface area contributed by atoms with Crippen LogP contribution in [0.1, 0.15) is 49.1 Å². The largest absolute Gasteiger partial charge is 0.361 e. The average Bonchev–Trinajstić information content (AvgIpc) is 3.22. The van der Waals surface area contributed by atoms with Crippen molar-refractivity contribution in [2.75, 3.05) is 31.1 Å². The number of nitrogens with zero attached hydrogens (tertiary/aromatic N) is 2. The monoisotopic (exact) mass is 417 g/mol. The third-order valence-electron chi connectivity index (χ3n) is 7.00. The van der Waals surface area contributed by atoms with Crippen molar-refractivity contribution in [3.05, 3.63) is 77.9 Å². The molecule has 1 N–H and O–H groups in total. The van der Waals surface area contributed by atoms with Crippen LogP contribution in [0.4, 0.5) is 10.1 Å². The van der Waals surface area contributed by atoms with E-state index in [1.54, 1.807) is 6.07 Å². The lowest BCUT2D eigenvalue weighted by atomic mass is 9.89. The zero-order chi connectivity index (χ0) is 21.0. The highest BCUT2D eigenvalue weighted by Crippen LogP contribution is 2.33. The second kappa shape index (κ2) is 9.27. The lowest BCUT2D eigenvalue weighted by Crippen LogP contribution is -2.33. The van der Waals surface area contributed by atoms with Gasteiger partial charge >= 0.3 is 0 Å². The van der Waals surface area contributed by atoms with Crippen LogP contribution in [0.15, 0.2) is 60.9 Å². The van der Waals surface area contributed by atoms with Gasteiger partial charge in [-0.3, -0.25) is 0 Å². The van der Waals surface area contributed by atoms with E-state index in [1.165, 1.54) is 61.5 Å². The molecule has 1 aromatic heterocycles. The van der Waals surface area contributed by atoms with Gasteiger partial charge in [0.2, 0.25) is 0 Å². The van der Waals surface area contributed by atoms with E-state index >= 15 is 0 Å². The molecule has 0 unspecified atom stereocenters. The fourth-order valence-electron chi connectivity index (χ4n) is 5.26. The minimum absolute atomic E-state index is 0.144. The molecule has 3 aromatic rings. The Kier molecular flexibility index (Phi) is 6.08. The van der Waals surface area contributed by atoms with E-state index in [9.17, 15) is 4.39 Å². The number of nitrogens with one attached hydrogen (secondary N) is 1. The van der Waals surface area contributed by atoms with E-state index in [2.05, 4.69) is 57.5 Å². The molecule has 0 aliphatic carbocycles. The summed E-state index contributed by atoms with van der Waals surface area (Å²) >= 11 is 0. The number of rotatable bonds is 7. The van der Waals surface area contributed by atoms with Gasteiger partial charge in [-0.15, -0.1) is 0 Å². The number of benzene rings is 2. The number of aromatic nitrogens is 1. The highest BCUT2D eigenvalue weighted by molar-refractivity contribution is 5.83. The van der Waals surface area contributed by atoms with Crippen molar-refractivity contribution in [3.8, 4) is 0 Å². The third kappa shape index (κ3) is 4.54. The van der Waals surface area contributed by atoms with Crippen LogP contribution in [0.3, 0.4) is 0 Å². The van der Waals surface area contributed by atoms with Crippen LogP contribution in [0.25, 0.3) is 10.9 Å². The first-order valence-corrected chi connectivity index (χ1v) is 11.8. The summed E-state index contributed by atoms with van der Waals surface area (Å²) < 4.78 is 13.7. The number of hydrogen-bond acceptors (Lipinski definition) is 2. The first-order chi connectivity index (χ1) is 15.3. The number of likely N-dealkylation sites (tertiary alicyclic amines) is 1. The Morgan fingerprint density at radius 2 is 1.81 bits per heavy atom. The zero-order valence-electron chi connectivity index (χ0n) is 18.2. The van der Waals surface area contributed by atoms with Crippen molar-refractivity contribution in [2.45, 2.75) is 44.4 Å². The molecule has 2 aliphatic heterocycles. The van der Waals surface area contributed by atoms with Crippen molar-refractivity contribution >= 4 is 16.6 Å². The Hall–Kier alpha value is -2.59. The van der Waals surface area contributed by atoms with Crippen molar-refractivity contribution in [3.63, 3.8) is 0 Å². The van der Waals surface area contributed by atoms with Crippen molar-refractivity contribution in [2.24, 2.45) is 0 Å². The fraction of sp³-hybridized carbons (Fsp3) is 0.407. The van der Waals surface area contributed by atoms with Crippen molar-refractivity contribution in [1.29, 1.82) is 0 Å². The lowest BCUT2D eigenvalue weighted by Gasteiger charge is -2.32. The molecule has 1 fully saturated rings. The van der Waals surface area contributed by atoms with E-state index in [4.69, 9.17) is 0 Å². The van der Waals surface area contributed by atoms with Crippen molar-refractivity contribution in [1.82, 2.24) is 9.88 Å². The maximum atomic E-state index is 13.7. The van der Waals surface area contributed by atoms with Crippen LogP contribution in [0, 0.1) is 5.82 Å². The van der Waals surface area contributed by atoms with Gasteiger partial charge < -0.3 is 14.8 Å². The van der Waals surface area contributed by atoms with Gasteiger partial charge in [-0.2, -0.15) is 0 Å². The summed E-state index contributed by atoms with van der Waals surface area (Å²) in [5.74, 6) is 0.395. The van der Waals surface area contributed by atoms with Crippen LogP contribution >= 0.6 is 0 Å². The Labute approximate surface area is 184 Å². The molecule has 0 amide bonds. The molecule has 0 bridgehead atoms. The van der Waals surface area contributed by atoms with Gasteiger partial charge in [0.05, 0.1) is 0 Å². The topological polar surface area (TPSA) is 22.3 Å². The average molecular weight is 418 g/mol. The summed E-state index contributed by atoms with van der Waals surface area (Å²) in [5.41, 5.74) is 5.16. The van der Waals surface area contributed by atoms with Gasteiger partial charge in [0.1, 0.15) is 5.82 Å². The Balaban J connectivity index is 1.05. The summed E-state index contributed by atoms with van der Waals surface area (Å²) in [4.78, 5) is 8.34. The molecule has 1 saturated heterocycles. The standard InChI is InChI=1S/C27H32FN3/c28-23-10-11-26-24(19-23)25(20-29-26)21-12-17-30(18-13-21)14-4-1-5-15-31-16-6-8-22-7-2-3-9-27(22)31/h2-3,6-7,9-11,16,19-21,29H,1,4-5,8,12-15,17-18H2. The Morgan fingerprint density at radius 3 is 2.71 bits per heavy atom. The lowest BCUT2D eigenvalue weighted by molar-refractivity contribution is 0.209. The van der Waals surface area contributed by atoms with Crippen LogP contribution in [-0.2, 0) is 6.42 Å². The second-order valence-electron chi connectivity index (χ2n) is 9.02.